The topological polar surface area (TPSA) is 95.3 Å². The van der Waals surface area contributed by atoms with Crippen molar-refractivity contribution in [1.29, 1.82) is 0 Å². The Morgan fingerprint density at radius 3 is 2.33 bits per heavy atom. The molecular formula is C33H37N3O6. The fraction of sp³-hybridized carbons (Fsp3) is 0.333. The lowest BCUT2D eigenvalue weighted by molar-refractivity contribution is -0.128. The highest BCUT2D eigenvalue weighted by atomic mass is 16.5. The number of hydrogen-bond acceptors (Lipinski definition) is 8. The average Bonchev–Trinajstić information content (AvgIpc) is 3.50. The number of carbonyl (C=O) groups is 1. The smallest absolute Gasteiger partial charge is 0.242 e. The summed E-state index contributed by atoms with van der Waals surface area (Å²) >= 11 is 0. The van der Waals surface area contributed by atoms with Gasteiger partial charge in [-0.15, -0.1) is 0 Å². The van der Waals surface area contributed by atoms with Crippen LogP contribution in [0.4, 0.5) is 0 Å². The zero-order chi connectivity index (χ0) is 29.5. The molecule has 0 saturated carbocycles. The largest absolute Gasteiger partial charge is 0.493 e. The zero-order valence-electron chi connectivity index (χ0n) is 24.5. The molecule has 0 radical (unpaired) electrons. The highest BCUT2D eigenvalue weighted by molar-refractivity contribution is 5.83. The Hall–Kier alpha value is -4.50. The number of carbonyl (C=O) groups excluding carboxylic acids is 1. The fourth-order valence-electron chi connectivity index (χ4n) is 5.75. The summed E-state index contributed by atoms with van der Waals surface area (Å²) in [5, 5.41) is 6.86. The maximum atomic E-state index is 14.1. The zero-order valence-corrected chi connectivity index (χ0v) is 24.5. The lowest BCUT2D eigenvalue weighted by atomic mass is 9.91. The molecule has 1 N–H and O–H groups in total. The summed E-state index contributed by atoms with van der Waals surface area (Å²) in [6, 6.07) is 21.0. The summed E-state index contributed by atoms with van der Waals surface area (Å²) in [7, 11) is 6.56. The van der Waals surface area contributed by atoms with Crippen LogP contribution in [0.25, 0.3) is 0 Å². The number of hydrogen-bond donors (Lipinski definition) is 1. The van der Waals surface area contributed by atoms with Gasteiger partial charge in [0.1, 0.15) is 6.04 Å². The summed E-state index contributed by atoms with van der Waals surface area (Å²) in [5.41, 5.74) is 4.24. The van der Waals surface area contributed by atoms with Crippen molar-refractivity contribution in [2.45, 2.75) is 37.9 Å². The second-order valence-corrected chi connectivity index (χ2v) is 10.2. The summed E-state index contributed by atoms with van der Waals surface area (Å²) in [5.74, 6) is 3.15. The number of aromatic nitrogens is 1. The standard InChI is InChI=1S/C33H37N3O6/c1-38-28-13-12-22(18-29(28)39-2)17-27-26-20-31(41-4)30(40-3)19-24(26)11-8-16-36(27)32(23-9-6-5-7-10-23)33(37)34-21-25-14-15-35-42-25/h5-7,9-10,12-15,18-20,27,32H,8,11,16-17,21H2,1-4H3,(H,34,37). The Labute approximate surface area is 246 Å². The summed E-state index contributed by atoms with van der Waals surface area (Å²) in [4.78, 5) is 16.4. The molecular weight excluding hydrogens is 534 g/mol. The van der Waals surface area contributed by atoms with Gasteiger partial charge >= 0.3 is 0 Å². The van der Waals surface area contributed by atoms with Crippen LogP contribution in [-0.4, -0.2) is 50.9 Å². The van der Waals surface area contributed by atoms with Gasteiger partial charge in [-0.3, -0.25) is 9.69 Å². The molecule has 1 aliphatic rings. The molecule has 220 valence electrons. The molecule has 9 nitrogen and oxygen atoms in total. The first-order valence-electron chi connectivity index (χ1n) is 14.0. The third-order valence-corrected chi connectivity index (χ3v) is 7.77. The van der Waals surface area contributed by atoms with Crippen LogP contribution >= 0.6 is 0 Å². The quantitative estimate of drug-likeness (QED) is 0.259. The van der Waals surface area contributed by atoms with E-state index in [0.717, 1.165) is 29.5 Å². The van der Waals surface area contributed by atoms with Gasteiger partial charge in [-0.2, -0.15) is 0 Å². The van der Waals surface area contributed by atoms with Crippen molar-refractivity contribution in [3.05, 3.63) is 101 Å². The van der Waals surface area contributed by atoms with Crippen LogP contribution < -0.4 is 24.3 Å². The Bertz CT molecular complexity index is 1470. The van der Waals surface area contributed by atoms with E-state index in [2.05, 4.69) is 27.5 Å². The van der Waals surface area contributed by atoms with E-state index in [1.165, 1.54) is 5.56 Å². The number of aryl methyl sites for hydroxylation is 1. The summed E-state index contributed by atoms with van der Waals surface area (Å²) < 4.78 is 27.7. The molecule has 5 rings (SSSR count). The van der Waals surface area contributed by atoms with Crippen molar-refractivity contribution in [3.8, 4) is 23.0 Å². The van der Waals surface area contributed by atoms with E-state index in [0.29, 0.717) is 41.7 Å². The summed E-state index contributed by atoms with van der Waals surface area (Å²) in [6.07, 6.45) is 3.91. The van der Waals surface area contributed by atoms with Gasteiger partial charge in [-0.25, -0.2) is 0 Å². The second kappa shape index (κ2) is 13.4. The highest BCUT2D eigenvalue weighted by Gasteiger charge is 2.36. The third-order valence-electron chi connectivity index (χ3n) is 7.77. The lowest BCUT2D eigenvalue weighted by Crippen LogP contribution is -2.43. The number of methoxy groups -OCH3 is 4. The van der Waals surface area contributed by atoms with E-state index in [1.807, 2.05) is 48.5 Å². The van der Waals surface area contributed by atoms with Gasteiger partial charge in [0.15, 0.2) is 28.8 Å². The van der Waals surface area contributed by atoms with E-state index in [1.54, 1.807) is 40.7 Å². The Kier molecular flexibility index (Phi) is 9.28. The molecule has 1 aromatic heterocycles. The van der Waals surface area contributed by atoms with Crippen molar-refractivity contribution in [2.24, 2.45) is 0 Å². The van der Waals surface area contributed by atoms with Crippen LogP contribution in [-0.2, 0) is 24.2 Å². The minimum Gasteiger partial charge on any atom is -0.493 e. The van der Waals surface area contributed by atoms with Gasteiger partial charge in [0.2, 0.25) is 5.91 Å². The maximum Gasteiger partial charge on any atom is 0.242 e. The number of amides is 1. The van der Waals surface area contributed by atoms with Crippen LogP contribution in [0.2, 0.25) is 0 Å². The van der Waals surface area contributed by atoms with Crippen LogP contribution in [0.3, 0.4) is 0 Å². The van der Waals surface area contributed by atoms with Crippen molar-refractivity contribution < 1.29 is 28.3 Å². The average molecular weight is 572 g/mol. The van der Waals surface area contributed by atoms with Crippen LogP contribution in [0.5, 0.6) is 23.0 Å². The molecule has 0 fully saturated rings. The molecule has 0 aliphatic carbocycles. The van der Waals surface area contributed by atoms with Crippen molar-refractivity contribution in [3.63, 3.8) is 0 Å². The normalized spacial score (nSPS) is 15.7. The van der Waals surface area contributed by atoms with Gasteiger partial charge in [0.25, 0.3) is 0 Å². The highest BCUT2D eigenvalue weighted by Crippen LogP contribution is 2.42. The fourth-order valence-corrected chi connectivity index (χ4v) is 5.75. The first-order chi connectivity index (χ1) is 20.6. The van der Waals surface area contributed by atoms with E-state index >= 15 is 0 Å². The third kappa shape index (κ3) is 6.21. The molecule has 0 saturated heterocycles. The van der Waals surface area contributed by atoms with Gasteiger partial charge in [0, 0.05) is 18.7 Å². The predicted molar refractivity (Wildman–Crippen MR) is 158 cm³/mol. The van der Waals surface area contributed by atoms with Crippen molar-refractivity contribution in [1.82, 2.24) is 15.4 Å². The number of fused-ring (bicyclic) bond motifs is 1. The summed E-state index contributed by atoms with van der Waals surface area (Å²) in [6.45, 7) is 0.949. The Morgan fingerprint density at radius 1 is 0.929 bits per heavy atom. The monoisotopic (exact) mass is 571 g/mol. The molecule has 0 spiro atoms. The Balaban J connectivity index is 1.61. The molecule has 2 heterocycles. The molecule has 9 heteroatoms. The molecule has 4 aromatic rings. The molecule has 1 aliphatic heterocycles. The van der Waals surface area contributed by atoms with Crippen molar-refractivity contribution in [2.75, 3.05) is 35.0 Å². The number of nitrogens with zero attached hydrogens (tertiary/aromatic N) is 2. The van der Waals surface area contributed by atoms with Crippen LogP contribution in [0, 0.1) is 0 Å². The lowest BCUT2D eigenvalue weighted by Gasteiger charge is -2.37. The van der Waals surface area contributed by atoms with Crippen LogP contribution in [0.1, 0.15) is 46.5 Å². The van der Waals surface area contributed by atoms with E-state index in [4.69, 9.17) is 23.5 Å². The van der Waals surface area contributed by atoms with Crippen molar-refractivity contribution >= 4 is 5.91 Å². The van der Waals surface area contributed by atoms with E-state index in [-0.39, 0.29) is 18.5 Å². The Morgan fingerprint density at radius 2 is 1.64 bits per heavy atom. The van der Waals surface area contributed by atoms with E-state index in [9.17, 15) is 4.79 Å². The van der Waals surface area contributed by atoms with Crippen LogP contribution in [0.15, 0.2) is 77.4 Å². The van der Waals surface area contributed by atoms with E-state index < -0.39 is 6.04 Å². The van der Waals surface area contributed by atoms with Gasteiger partial charge < -0.3 is 28.8 Å². The second-order valence-electron chi connectivity index (χ2n) is 10.2. The minimum atomic E-state index is -0.557. The predicted octanol–water partition coefficient (Wildman–Crippen LogP) is 5.30. The number of benzene rings is 3. The van der Waals surface area contributed by atoms with Gasteiger partial charge in [-0.05, 0) is 65.8 Å². The first-order valence-corrected chi connectivity index (χ1v) is 14.0. The minimum absolute atomic E-state index is 0.112. The maximum absolute atomic E-state index is 14.1. The molecule has 1 amide bonds. The van der Waals surface area contributed by atoms with Gasteiger partial charge in [-0.1, -0.05) is 41.6 Å². The molecule has 2 atom stereocenters. The first kappa shape index (κ1) is 29.0. The SMILES string of the molecule is COc1ccc(CC2c3cc(OC)c(OC)cc3CCCN2C(C(=O)NCc2ccno2)c2ccccc2)cc1OC. The molecule has 42 heavy (non-hydrogen) atoms. The number of ether oxygens (including phenoxy) is 4. The molecule has 2 unspecified atom stereocenters. The molecule has 0 bridgehead atoms. The van der Waals surface area contributed by atoms with Gasteiger partial charge in [0.05, 0.1) is 41.2 Å². The number of rotatable bonds is 11. The number of nitrogens with one attached hydrogen (secondary N) is 1. The molecule has 3 aromatic carbocycles.